The van der Waals surface area contributed by atoms with Crippen LogP contribution in [-0.2, 0) is 10.0 Å². The molecule has 1 aliphatic heterocycles. The van der Waals surface area contributed by atoms with Crippen molar-refractivity contribution in [3.8, 4) is 11.5 Å². The van der Waals surface area contributed by atoms with E-state index in [1.54, 1.807) is 19.2 Å². The van der Waals surface area contributed by atoms with Crippen molar-refractivity contribution in [3.05, 3.63) is 42.5 Å². The Bertz CT molecular complexity index is 937. The van der Waals surface area contributed by atoms with Crippen LogP contribution in [0.25, 0.3) is 0 Å². The quantitative estimate of drug-likeness (QED) is 0.679. The smallest absolute Gasteiger partial charge is 0.387 e. The van der Waals surface area contributed by atoms with Crippen LogP contribution in [0.3, 0.4) is 0 Å². The predicted octanol–water partition coefficient (Wildman–Crippen LogP) is 3.27. The molecule has 11 heteroatoms. The SMILES string of the molecule is COc1ccc(S(=O)(=O)Nc2ccc(OC(F)F)cc2)cc1N1CCN(C)CC1.Cl. The molecule has 1 aliphatic rings. The highest BCUT2D eigenvalue weighted by molar-refractivity contribution is 7.92. The Labute approximate surface area is 181 Å². The number of alkyl halides is 2. The Morgan fingerprint density at radius 3 is 2.23 bits per heavy atom. The first-order valence-electron chi connectivity index (χ1n) is 8.98. The van der Waals surface area contributed by atoms with Crippen molar-refractivity contribution >= 4 is 33.8 Å². The number of nitrogens with zero attached hydrogens (tertiary/aromatic N) is 2. The third-order valence-corrected chi connectivity index (χ3v) is 6.02. The number of nitrogens with one attached hydrogen (secondary N) is 1. The molecule has 0 unspecified atom stereocenters. The Morgan fingerprint density at radius 2 is 1.67 bits per heavy atom. The molecule has 0 radical (unpaired) electrons. The minimum Gasteiger partial charge on any atom is -0.495 e. The second-order valence-electron chi connectivity index (χ2n) is 6.63. The molecule has 30 heavy (non-hydrogen) atoms. The molecule has 0 bridgehead atoms. The minimum absolute atomic E-state index is 0. The van der Waals surface area contributed by atoms with Crippen molar-refractivity contribution in [2.24, 2.45) is 0 Å². The van der Waals surface area contributed by atoms with E-state index in [2.05, 4.69) is 19.3 Å². The number of piperazine rings is 1. The van der Waals surface area contributed by atoms with Crippen LogP contribution in [0.15, 0.2) is 47.4 Å². The summed E-state index contributed by atoms with van der Waals surface area (Å²) in [5.74, 6) is 0.548. The van der Waals surface area contributed by atoms with Gasteiger partial charge in [-0.05, 0) is 49.5 Å². The van der Waals surface area contributed by atoms with Gasteiger partial charge in [0.15, 0.2) is 0 Å². The average molecular weight is 464 g/mol. The number of likely N-dealkylation sites (N-methyl/N-ethyl adjacent to an activating group) is 1. The van der Waals surface area contributed by atoms with Crippen LogP contribution in [-0.4, -0.2) is 60.3 Å². The number of sulfonamides is 1. The standard InChI is InChI=1S/C19H23F2N3O4S.ClH/c1-23-9-11-24(12-10-23)17-13-16(7-8-18(17)27-2)29(25,26)22-14-3-5-15(6-4-14)28-19(20)21;/h3-8,13,19,22H,9-12H2,1-2H3;1H. The lowest BCUT2D eigenvalue weighted by atomic mass is 10.2. The van der Waals surface area contributed by atoms with E-state index in [1.165, 1.54) is 30.3 Å². The van der Waals surface area contributed by atoms with Crippen molar-refractivity contribution in [1.29, 1.82) is 0 Å². The van der Waals surface area contributed by atoms with Gasteiger partial charge in [-0.2, -0.15) is 8.78 Å². The van der Waals surface area contributed by atoms with Crippen molar-refractivity contribution in [1.82, 2.24) is 4.90 Å². The number of hydrogen-bond donors (Lipinski definition) is 1. The molecule has 2 aromatic carbocycles. The van der Waals surface area contributed by atoms with Crippen molar-refractivity contribution in [2.75, 3.05) is 50.0 Å². The summed E-state index contributed by atoms with van der Waals surface area (Å²) >= 11 is 0. The van der Waals surface area contributed by atoms with Gasteiger partial charge in [0.05, 0.1) is 17.7 Å². The number of hydrogen-bond acceptors (Lipinski definition) is 6. The van der Waals surface area contributed by atoms with Gasteiger partial charge in [-0.3, -0.25) is 4.72 Å². The maximum Gasteiger partial charge on any atom is 0.387 e. The molecule has 7 nitrogen and oxygen atoms in total. The Morgan fingerprint density at radius 1 is 1.03 bits per heavy atom. The van der Waals surface area contributed by atoms with E-state index in [9.17, 15) is 17.2 Å². The third kappa shape index (κ3) is 5.87. The molecule has 2 aromatic rings. The average Bonchev–Trinajstić information content (AvgIpc) is 2.69. The van der Waals surface area contributed by atoms with Crippen LogP contribution in [0.5, 0.6) is 11.5 Å². The van der Waals surface area contributed by atoms with E-state index in [4.69, 9.17) is 4.74 Å². The summed E-state index contributed by atoms with van der Waals surface area (Å²) in [6, 6.07) is 9.94. The van der Waals surface area contributed by atoms with Crippen LogP contribution < -0.4 is 19.1 Å². The first-order valence-corrected chi connectivity index (χ1v) is 10.5. The van der Waals surface area contributed by atoms with Gasteiger partial charge in [0.25, 0.3) is 10.0 Å². The van der Waals surface area contributed by atoms with Gasteiger partial charge in [-0.1, -0.05) is 0 Å². The zero-order valence-electron chi connectivity index (χ0n) is 16.5. The van der Waals surface area contributed by atoms with Crippen molar-refractivity contribution < 1.29 is 26.7 Å². The first kappa shape index (κ1) is 24.0. The molecule has 0 saturated carbocycles. The lowest BCUT2D eigenvalue weighted by Gasteiger charge is -2.34. The summed E-state index contributed by atoms with van der Waals surface area (Å²) < 4.78 is 62.2. The lowest BCUT2D eigenvalue weighted by Crippen LogP contribution is -2.44. The topological polar surface area (TPSA) is 71.1 Å². The molecule has 0 aliphatic carbocycles. The molecule has 3 rings (SSSR count). The zero-order chi connectivity index (χ0) is 21.0. The van der Waals surface area contributed by atoms with E-state index < -0.39 is 16.6 Å². The minimum atomic E-state index is -3.88. The first-order chi connectivity index (χ1) is 13.8. The largest absolute Gasteiger partial charge is 0.495 e. The van der Waals surface area contributed by atoms with Gasteiger partial charge in [0, 0.05) is 31.9 Å². The van der Waals surface area contributed by atoms with Gasteiger partial charge >= 0.3 is 6.61 Å². The molecular weight excluding hydrogens is 440 g/mol. The second kappa shape index (κ2) is 10.1. The van der Waals surface area contributed by atoms with E-state index in [0.717, 1.165) is 26.2 Å². The summed E-state index contributed by atoms with van der Waals surface area (Å²) in [6.45, 7) is 0.312. The molecule has 0 amide bonds. The highest BCUT2D eigenvalue weighted by Crippen LogP contribution is 2.32. The fraction of sp³-hybridized carbons (Fsp3) is 0.368. The number of benzene rings is 2. The van der Waals surface area contributed by atoms with Gasteiger partial charge < -0.3 is 19.3 Å². The Hall–Kier alpha value is -2.30. The lowest BCUT2D eigenvalue weighted by molar-refractivity contribution is -0.0498. The fourth-order valence-corrected chi connectivity index (χ4v) is 4.13. The molecule has 0 aromatic heterocycles. The molecule has 166 valence electrons. The fourth-order valence-electron chi connectivity index (χ4n) is 3.05. The molecule has 1 saturated heterocycles. The maximum absolute atomic E-state index is 12.8. The summed E-state index contributed by atoms with van der Waals surface area (Å²) in [7, 11) is -0.293. The number of methoxy groups -OCH3 is 1. The number of ether oxygens (including phenoxy) is 2. The number of halogens is 3. The van der Waals surface area contributed by atoms with E-state index >= 15 is 0 Å². The summed E-state index contributed by atoms with van der Waals surface area (Å²) in [5, 5.41) is 0. The van der Waals surface area contributed by atoms with Crippen molar-refractivity contribution in [2.45, 2.75) is 11.5 Å². The Kier molecular flexibility index (Phi) is 8.10. The molecule has 0 atom stereocenters. The normalized spacial score (nSPS) is 14.9. The molecule has 1 N–H and O–H groups in total. The van der Waals surface area contributed by atoms with Crippen LogP contribution >= 0.6 is 12.4 Å². The summed E-state index contributed by atoms with van der Waals surface area (Å²) in [5.41, 5.74) is 0.952. The summed E-state index contributed by atoms with van der Waals surface area (Å²) in [6.07, 6.45) is 0. The highest BCUT2D eigenvalue weighted by Gasteiger charge is 2.22. The van der Waals surface area contributed by atoms with E-state index in [-0.39, 0.29) is 28.7 Å². The Balaban J connectivity index is 0.00000320. The highest BCUT2D eigenvalue weighted by atomic mass is 35.5. The van der Waals surface area contributed by atoms with Crippen LogP contribution in [0, 0.1) is 0 Å². The monoisotopic (exact) mass is 463 g/mol. The van der Waals surface area contributed by atoms with Gasteiger partial charge in [-0.25, -0.2) is 8.42 Å². The number of rotatable bonds is 7. The van der Waals surface area contributed by atoms with Crippen LogP contribution in [0.1, 0.15) is 0 Å². The van der Waals surface area contributed by atoms with Gasteiger partial charge in [0.2, 0.25) is 0 Å². The third-order valence-electron chi connectivity index (χ3n) is 4.64. The van der Waals surface area contributed by atoms with Crippen LogP contribution in [0.4, 0.5) is 20.2 Å². The van der Waals surface area contributed by atoms with E-state index in [0.29, 0.717) is 11.4 Å². The molecule has 1 fully saturated rings. The summed E-state index contributed by atoms with van der Waals surface area (Å²) in [4.78, 5) is 4.38. The maximum atomic E-state index is 12.8. The van der Waals surface area contributed by atoms with Crippen LogP contribution in [0.2, 0.25) is 0 Å². The molecule has 0 spiro atoms. The van der Waals surface area contributed by atoms with Gasteiger partial charge in [-0.15, -0.1) is 12.4 Å². The van der Waals surface area contributed by atoms with Crippen molar-refractivity contribution in [3.63, 3.8) is 0 Å². The predicted molar refractivity (Wildman–Crippen MR) is 114 cm³/mol. The molecular formula is C19H24ClF2N3O4S. The second-order valence-corrected chi connectivity index (χ2v) is 8.31. The van der Waals surface area contributed by atoms with Gasteiger partial charge in [0.1, 0.15) is 11.5 Å². The zero-order valence-corrected chi connectivity index (χ0v) is 18.2. The van der Waals surface area contributed by atoms with E-state index in [1.807, 2.05) is 7.05 Å². The number of anilines is 2. The molecule has 1 heterocycles.